The predicted octanol–water partition coefficient (Wildman–Crippen LogP) is 2.92. The Balaban J connectivity index is 1.49. The normalized spacial score (nSPS) is 13.5. The first-order valence-corrected chi connectivity index (χ1v) is 9.22. The topological polar surface area (TPSA) is 119 Å². The fraction of sp³-hybridized carbons (Fsp3) is 0.190. The van der Waals surface area contributed by atoms with Crippen LogP contribution in [0.1, 0.15) is 18.4 Å². The first-order valence-electron chi connectivity index (χ1n) is 9.22. The van der Waals surface area contributed by atoms with Crippen LogP contribution in [-0.2, 0) is 19.1 Å². The smallest absolute Gasteiger partial charge is 0.331 e. The van der Waals surface area contributed by atoms with E-state index in [2.05, 4.69) is 5.32 Å². The van der Waals surface area contributed by atoms with Crippen molar-refractivity contribution in [1.82, 2.24) is 0 Å². The molecule has 1 heterocycles. The van der Waals surface area contributed by atoms with Crippen molar-refractivity contribution in [3.05, 3.63) is 70.3 Å². The summed E-state index contributed by atoms with van der Waals surface area (Å²) in [6.07, 6.45) is 3.65. The number of hydrogen-bond acceptors (Lipinski definition) is 6. The molecule has 1 aliphatic rings. The fourth-order valence-corrected chi connectivity index (χ4v) is 2.98. The Kier molecular flexibility index (Phi) is 6.53. The molecule has 154 valence electrons. The number of ether oxygens (including phenoxy) is 1. The zero-order valence-corrected chi connectivity index (χ0v) is 15.9. The van der Waals surface area contributed by atoms with Crippen LogP contribution in [0.2, 0.25) is 0 Å². The number of carbonyl (C=O) groups is 3. The molecule has 0 spiro atoms. The van der Waals surface area contributed by atoms with Gasteiger partial charge in [-0.3, -0.25) is 19.7 Å². The average Bonchev–Trinajstić information content (AvgIpc) is 3.17. The van der Waals surface area contributed by atoms with Crippen LogP contribution in [0.5, 0.6) is 0 Å². The lowest BCUT2D eigenvalue weighted by atomic mass is 10.1. The molecule has 0 atom stereocenters. The highest BCUT2D eigenvalue weighted by Crippen LogP contribution is 2.23. The number of rotatable bonds is 7. The number of nitrogens with one attached hydrogen (secondary N) is 1. The van der Waals surface area contributed by atoms with Crippen LogP contribution in [0.4, 0.5) is 17.1 Å². The number of nitrogens with zero attached hydrogens (tertiary/aromatic N) is 2. The van der Waals surface area contributed by atoms with Crippen molar-refractivity contribution >= 4 is 40.9 Å². The maximum absolute atomic E-state index is 12.0. The summed E-state index contributed by atoms with van der Waals surface area (Å²) in [4.78, 5) is 47.6. The molecule has 0 bridgehead atoms. The third kappa shape index (κ3) is 5.28. The van der Waals surface area contributed by atoms with Gasteiger partial charge in [0.2, 0.25) is 5.91 Å². The van der Waals surface area contributed by atoms with Gasteiger partial charge >= 0.3 is 5.97 Å². The molecule has 0 radical (unpaired) electrons. The highest BCUT2D eigenvalue weighted by molar-refractivity contribution is 5.97. The first-order chi connectivity index (χ1) is 14.4. The van der Waals surface area contributed by atoms with Crippen molar-refractivity contribution in [2.24, 2.45) is 0 Å². The van der Waals surface area contributed by atoms with E-state index in [1.807, 2.05) is 0 Å². The highest BCUT2D eigenvalue weighted by atomic mass is 16.6. The summed E-state index contributed by atoms with van der Waals surface area (Å²) in [5, 5.41) is 13.5. The SMILES string of the molecule is O=C(COC(=O)/C=C/c1ccccc1[N+](=O)[O-])Nc1ccc(N2CCCC2=O)cc1. The van der Waals surface area contributed by atoms with E-state index >= 15 is 0 Å². The van der Waals surface area contributed by atoms with Crippen molar-refractivity contribution in [3.8, 4) is 0 Å². The maximum Gasteiger partial charge on any atom is 0.331 e. The predicted molar refractivity (Wildman–Crippen MR) is 110 cm³/mol. The number of benzene rings is 2. The molecule has 1 fully saturated rings. The second-order valence-corrected chi connectivity index (χ2v) is 6.50. The summed E-state index contributed by atoms with van der Waals surface area (Å²) in [5.41, 5.74) is 1.38. The minimum absolute atomic E-state index is 0.0765. The lowest BCUT2D eigenvalue weighted by Gasteiger charge is -2.16. The summed E-state index contributed by atoms with van der Waals surface area (Å²) in [6.45, 7) is 0.173. The van der Waals surface area contributed by atoms with Crippen LogP contribution < -0.4 is 10.2 Å². The molecule has 3 rings (SSSR count). The zero-order chi connectivity index (χ0) is 21.5. The summed E-state index contributed by atoms with van der Waals surface area (Å²) in [6, 6.07) is 12.7. The molecule has 0 aromatic heterocycles. The molecular weight excluding hydrogens is 390 g/mol. The molecule has 1 saturated heterocycles. The van der Waals surface area contributed by atoms with Gasteiger partial charge in [-0.05, 0) is 42.8 Å². The number of esters is 1. The van der Waals surface area contributed by atoms with E-state index in [4.69, 9.17) is 4.74 Å². The molecule has 9 nitrogen and oxygen atoms in total. The average molecular weight is 409 g/mol. The number of hydrogen-bond donors (Lipinski definition) is 1. The summed E-state index contributed by atoms with van der Waals surface area (Å²) in [7, 11) is 0. The molecule has 1 N–H and O–H groups in total. The van der Waals surface area contributed by atoms with E-state index in [0.29, 0.717) is 18.7 Å². The van der Waals surface area contributed by atoms with Crippen molar-refractivity contribution in [1.29, 1.82) is 0 Å². The maximum atomic E-state index is 12.0. The molecule has 0 unspecified atom stereocenters. The van der Waals surface area contributed by atoms with Gasteiger partial charge < -0.3 is 15.0 Å². The Morgan fingerprint density at radius 2 is 1.90 bits per heavy atom. The molecule has 0 aliphatic carbocycles. The van der Waals surface area contributed by atoms with E-state index < -0.39 is 23.4 Å². The van der Waals surface area contributed by atoms with Crippen LogP contribution in [-0.4, -0.2) is 35.9 Å². The second kappa shape index (κ2) is 9.46. The van der Waals surface area contributed by atoms with Gasteiger partial charge in [0.15, 0.2) is 6.61 Å². The number of amides is 2. The quantitative estimate of drug-likeness (QED) is 0.325. The Labute approximate surface area is 172 Å². The van der Waals surface area contributed by atoms with Crippen molar-refractivity contribution < 1.29 is 24.0 Å². The van der Waals surface area contributed by atoms with Crippen molar-refractivity contribution in [2.45, 2.75) is 12.8 Å². The third-order valence-electron chi connectivity index (χ3n) is 4.41. The third-order valence-corrected chi connectivity index (χ3v) is 4.41. The van der Waals surface area contributed by atoms with Gasteiger partial charge in [-0.25, -0.2) is 4.79 Å². The molecule has 9 heteroatoms. The van der Waals surface area contributed by atoms with Crippen LogP contribution in [0.25, 0.3) is 6.08 Å². The van der Waals surface area contributed by atoms with Crippen LogP contribution in [0.15, 0.2) is 54.6 Å². The monoisotopic (exact) mass is 409 g/mol. The lowest BCUT2D eigenvalue weighted by molar-refractivity contribution is -0.385. The van der Waals surface area contributed by atoms with E-state index in [1.54, 1.807) is 35.2 Å². The van der Waals surface area contributed by atoms with E-state index in [9.17, 15) is 24.5 Å². The Bertz CT molecular complexity index is 1000. The van der Waals surface area contributed by atoms with Crippen LogP contribution in [0.3, 0.4) is 0 Å². The number of nitro groups is 1. The van der Waals surface area contributed by atoms with Gasteiger partial charge in [0, 0.05) is 36.5 Å². The van der Waals surface area contributed by atoms with Gasteiger partial charge in [-0.2, -0.15) is 0 Å². The van der Waals surface area contributed by atoms with Crippen LogP contribution >= 0.6 is 0 Å². The van der Waals surface area contributed by atoms with Gasteiger partial charge in [-0.1, -0.05) is 12.1 Å². The Morgan fingerprint density at radius 3 is 2.57 bits per heavy atom. The largest absolute Gasteiger partial charge is 0.452 e. The molecule has 30 heavy (non-hydrogen) atoms. The zero-order valence-electron chi connectivity index (χ0n) is 15.9. The number of nitro benzene ring substituents is 1. The van der Waals surface area contributed by atoms with Crippen LogP contribution in [0, 0.1) is 10.1 Å². The highest BCUT2D eigenvalue weighted by Gasteiger charge is 2.21. The van der Waals surface area contributed by atoms with E-state index in [0.717, 1.165) is 18.2 Å². The molecule has 2 amide bonds. The summed E-state index contributed by atoms with van der Waals surface area (Å²) >= 11 is 0. The Morgan fingerprint density at radius 1 is 1.17 bits per heavy atom. The molecule has 2 aromatic rings. The standard InChI is InChI=1S/C21H19N3O6/c25-19(22-16-8-10-17(11-9-16)23-13-3-6-20(23)26)14-30-21(27)12-7-15-4-1-2-5-18(15)24(28)29/h1-2,4-5,7-12H,3,6,13-14H2,(H,22,25)/b12-7+. The lowest BCUT2D eigenvalue weighted by Crippen LogP contribution is -2.23. The minimum Gasteiger partial charge on any atom is -0.452 e. The molecule has 1 aliphatic heterocycles. The van der Waals surface area contributed by atoms with Crippen molar-refractivity contribution in [3.63, 3.8) is 0 Å². The van der Waals surface area contributed by atoms with Crippen molar-refractivity contribution in [2.75, 3.05) is 23.4 Å². The van der Waals surface area contributed by atoms with Gasteiger partial charge in [-0.15, -0.1) is 0 Å². The van der Waals surface area contributed by atoms with E-state index in [-0.39, 0.29) is 17.2 Å². The first kappa shape index (κ1) is 20.7. The Hall–Kier alpha value is -4.01. The summed E-state index contributed by atoms with van der Waals surface area (Å²) in [5.74, 6) is -1.26. The number of carbonyl (C=O) groups excluding carboxylic acids is 3. The molecule has 2 aromatic carbocycles. The fourth-order valence-electron chi connectivity index (χ4n) is 2.98. The van der Waals surface area contributed by atoms with Gasteiger partial charge in [0.1, 0.15) is 0 Å². The summed E-state index contributed by atoms with van der Waals surface area (Å²) < 4.78 is 4.86. The number of para-hydroxylation sites is 1. The molecular formula is C21H19N3O6. The van der Waals surface area contributed by atoms with E-state index in [1.165, 1.54) is 24.3 Å². The van der Waals surface area contributed by atoms with Gasteiger partial charge in [0.05, 0.1) is 10.5 Å². The molecule has 0 saturated carbocycles. The van der Waals surface area contributed by atoms with Gasteiger partial charge in [0.25, 0.3) is 11.6 Å². The number of anilines is 2. The second-order valence-electron chi connectivity index (χ2n) is 6.50. The minimum atomic E-state index is -0.800.